The molecule has 1 unspecified atom stereocenters. The van der Waals surface area contributed by atoms with Gasteiger partial charge >= 0.3 is 0 Å². The van der Waals surface area contributed by atoms with Crippen molar-refractivity contribution in [3.8, 4) is 5.75 Å². The van der Waals surface area contributed by atoms with Crippen LogP contribution in [0.5, 0.6) is 5.75 Å². The molecule has 1 amide bonds. The van der Waals surface area contributed by atoms with Gasteiger partial charge in [-0.25, -0.2) is 0 Å². The van der Waals surface area contributed by atoms with Crippen molar-refractivity contribution in [3.63, 3.8) is 0 Å². The number of carbonyl (C=O) groups excluding carboxylic acids is 1. The minimum absolute atomic E-state index is 0.290. The molecule has 3 rings (SSSR count). The van der Waals surface area contributed by atoms with Gasteiger partial charge in [-0.2, -0.15) is 0 Å². The zero-order valence-corrected chi connectivity index (χ0v) is 15.0. The molecule has 6 heteroatoms. The highest BCUT2D eigenvalue weighted by atomic mass is 16.5. The van der Waals surface area contributed by atoms with E-state index in [1.54, 1.807) is 18.2 Å². The third-order valence-electron chi connectivity index (χ3n) is 4.80. The van der Waals surface area contributed by atoms with E-state index in [-0.39, 0.29) is 5.56 Å². The molecule has 1 aliphatic heterocycles. The van der Waals surface area contributed by atoms with E-state index in [0.717, 1.165) is 26.2 Å². The second-order valence-corrected chi connectivity index (χ2v) is 6.46. The first-order chi connectivity index (χ1) is 12.6. The van der Waals surface area contributed by atoms with Gasteiger partial charge in [0.1, 0.15) is 5.75 Å². The number of β-amino-alcohol motifs (C(OH)–C–C–N with tert-alkyl or cyclic N) is 1. The summed E-state index contributed by atoms with van der Waals surface area (Å²) in [6.07, 6.45) is -0.678. The lowest BCUT2D eigenvalue weighted by Crippen LogP contribution is -2.47. The Morgan fingerprint density at radius 2 is 1.85 bits per heavy atom. The van der Waals surface area contributed by atoms with E-state index in [2.05, 4.69) is 21.9 Å². The fourth-order valence-corrected chi connectivity index (χ4v) is 3.30. The van der Waals surface area contributed by atoms with Crippen LogP contribution in [0.2, 0.25) is 0 Å². The van der Waals surface area contributed by atoms with Crippen molar-refractivity contribution in [3.05, 3.63) is 59.7 Å². The third-order valence-corrected chi connectivity index (χ3v) is 4.80. The number of primary amides is 1. The molecule has 0 saturated carbocycles. The van der Waals surface area contributed by atoms with Crippen LogP contribution in [-0.4, -0.2) is 55.7 Å². The predicted octanol–water partition coefficient (Wildman–Crippen LogP) is 1.65. The monoisotopic (exact) mass is 355 g/mol. The number of carbonyl (C=O) groups is 1. The summed E-state index contributed by atoms with van der Waals surface area (Å²) in [5, 5.41) is 10.6. The van der Waals surface area contributed by atoms with E-state index in [1.807, 2.05) is 18.2 Å². The maximum Gasteiger partial charge on any atom is 0.252 e. The maximum absolute atomic E-state index is 11.6. The van der Waals surface area contributed by atoms with E-state index < -0.39 is 12.0 Å². The van der Waals surface area contributed by atoms with Crippen molar-refractivity contribution >= 4 is 11.6 Å². The normalized spacial score (nSPS) is 16.3. The summed E-state index contributed by atoms with van der Waals surface area (Å²) in [7, 11) is 1.49. The first-order valence-corrected chi connectivity index (χ1v) is 8.76. The number of methoxy groups -OCH3 is 1. The minimum atomic E-state index is -0.678. The van der Waals surface area contributed by atoms with Gasteiger partial charge in [-0.1, -0.05) is 24.3 Å². The number of rotatable bonds is 6. The van der Waals surface area contributed by atoms with Gasteiger partial charge in [-0.15, -0.1) is 0 Å². The van der Waals surface area contributed by atoms with Gasteiger partial charge < -0.3 is 20.5 Å². The van der Waals surface area contributed by atoms with Crippen molar-refractivity contribution in [1.29, 1.82) is 0 Å². The molecule has 6 nitrogen and oxygen atoms in total. The zero-order chi connectivity index (χ0) is 18.5. The Balaban J connectivity index is 1.60. The summed E-state index contributed by atoms with van der Waals surface area (Å²) in [5.41, 5.74) is 7.59. The lowest BCUT2D eigenvalue weighted by molar-refractivity contribution is 0.0995. The first kappa shape index (κ1) is 18.2. The molecule has 0 aliphatic carbocycles. The summed E-state index contributed by atoms with van der Waals surface area (Å²) < 4.78 is 5.15. The lowest BCUT2D eigenvalue weighted by Gasteiger charge is -2.37. The lowest BCUT2D eigenvalue weighted by atomic mass is 10.0. The number of nitrogens with zero attached hydrogens (tertiary/aromatic N) is 2. The molecule has 1 saturated heterocycles. The number of aliphatic hydroxyl groups is 1. The SMILES string of the molecule is COc1ccc(C(O)CN2CCN(c3ccccc3)CC2)cc1C(N)=O. The molecule has 0 radical (unpaired) electrons. The second kappa shape index (κ2) is 8.21. The highest BCUT2D eigenvalue weighted by molar-refractivity contribution is 5.95. The van der Waals surface area contributed by atoms with Gasteiger partial charge in [0.05, 0.1) is 18.8 Å². The Kier molecular flexibility index (Phi) is 5.75. The molecule has 0 spiro atoms. The Morgan fingerprint density at radius 1 is 1.15 bits per heavy atom. The van der Waals surface area contributed by atoms with Crippen molar-refractivity contribution < 1.29 is 14.6 Å². The Hall–Kier alpha value is -2.57. The van der Waals surface area contributed by atoms with Gasteiger partial charge in [0.15, 0.2) is 0 Å². The molecule has 138 valence electrons. The van der Waals surface area contributed by atoms with Crippen LogP contribution >= 0.6 is 0 Å². The average molecular weight is 355 g/mol. The molecule has 1 atom stereocenters. The smallest absolute Gasteiger partial charge is 0.252 e. The van der Waals surface area contributed by atoms with Crippen LogP contribution in [0.4, 0.5) is 5.69 Å². The van der Waals surface area contributed by atoms with E-state index >= 15 is 0 Å². The highest BCUT2D eigenvalue weighted by Gasteiger charge is 2.21. The van der Waals surface area contributed by atoms with E-state index in [4.69, 9.17) is 10.5 Å². The minimum Gasteiger partial charge on any atom is -0.496 e. The van der Waals surface area contributed by atoms with Gasteiger partial charge in [0.25, 0.3) is 5.91 Å². The molecular formula is C20H25N3O3. The maximum atomic E-state index is 11.6. The number of benzene rings is 2. The fourth-order valence-electron chi connectivity index (χ4n) is 3.30. The molecule has 1 heterocycles. The summed E-state index contributed by atoms with van der Waals surface area (Å²) in [6.45, 7) is 4.13. The summed E-state index contributed by atoms with van der Waals surface area (Å²) in [6, 6.07) is 15.4. The van der Waals surface area contributed by atoms with Crippen molar-refractivity contribution in [2.45, 2.75) is 6.10 Å². The molecule has 3 N–H and O–H groups in total. The number of amides is 1. The number of anilines is 1. The van der Waals surface area contributed by atoms with Gasteiger partial charge in [0, 0.05) is 38.4 Å². The number of nitrogens with two attached hydrogens (primary N) is 1. The molecule has 0 aromatic heterocycles. The summed E-state index contributed by atoms with van der Waals surface area (Å²) in [4.78, 5) is 16.1. The molecule has 26 heavy (non-hydrogen) atoms. The first-order valence-electron chi connectivity index (χ1n) is 8.76. The van der Waals surface area contributed by atoms with Crippen LogP contribution < -0.4 is 15.4 Å². The van der Waals surface area contributed by atoms with Crippen LogP contribution in [0.15, 0.2) is 48.5 Å². The topological polar surface area (TPSA) is 79.0 Å². The number of para-hydroxylation sites is 1. The van der Waals surface area contributed by atoms with Crippen LogP contribution in [0.1, 0.15) is 22.0 Å². The van der Waals surface area contributed by atoms with Crippen LogP contribution in [0.3, 0.4) is 0 Å². The molecule has 2 aromatic rings. The molecular weight excluding hydrogens is 330 g/mol. The molecule has 1 fully saturated rings. The van der Waals surface area contributed by atoms with Crippen molar-refractivity contribution in [2.24, 2.45) is 5.73 Å². The molecule has 1 aliphatic rings. The van der Waals surface area contributed by atoms with E-state index in [1.165, 1.54) is 12.8 Å². The highest BCUT2D eigenvalue weighted by Crippen LogP contribution is 2.24. The molecule has 0 bridgehead atoms. The number of hydrogen-bond acceptors (Lipinski definition) is 5. The summed E-state index contributed by atoms with van der Waals surface area (Å²) >= 11 is 0. The predicted molar refractivity (Wildman–Crippen MR) is 102 cm³/mol. The Bertz CT molecular complexity index is 743. The van der Waals surface area contributed by atoms with E-state index in [9.17, 15) is 9.90 Å². The summed E-state index contributed by atoms with van der Waals surface area (Å²) in [5.74, 6) is -0.141. The van der Waals surface area contributed by atoms with Gasteiger partial charge in [0.2, 0.25) is 0 Å². The quantitative estimate of drug-likeness (QED) is 0.824. The number of hydrogen-bond donors (Lipinski definition) is 2. The van der Waals surface area contributed by atoms with Crippen LogP contribution in [-0.2, 0) is 0 Å². The van der Waals surface area contributed by atoms with Gasteiger partial charge in [-0.3, -0.25) is 9.69 Å². The van der Waals surface area contributed by atoms with Crippen LogP contribution in [0, 0.1) is 0 Å². The largest absolute Gasteiger partial charge is 0.496 e. The number of piperazine rings is 1. The third kappa shape index (κ3) is 4.15. The van der Waals surface area contributed by atoms with Crippen LogP contribution in [0.25, 0.3) is 0 Å². The van der Waals surface area contributed by atoms with Crippen molar-refractivity contribution in [2.75, 3.05) is 44.7 Å². The number of ether oxygens (including phenoxy) is 1. The van der Waals surface area contributed by atoms with Gasteiger partial charge in [-0.05, 0) is 29.8 Å². The molecule has 2 aromatic carbocycles. The number of aliphatic hydroxyl groups excluding tert-OH is 1. The average Bonchev–Trinajstić information content (AvgIpc) is 2.68. The standard InChI is InChI=1S/C20H25N3O3/c1-26-19-8-7-15(13-17(19)20(21)25)18(24)14-22-9-11-23(12-10-22)16-5-3-2-4-6-16/h2-8,13,18,24H,9-12,14H2,1H3,(H2,21,25). The van der Waals surface area contributed by atoms with Crippen molar-refractivity contribution in [1.82, 2.24) is 4.90 Å². The zero-order valence-electron chi connectivity index (χ0n) is 15.0. The Labute approximate surface area is 153 Å². The second-order valence-electron chi connectivity index (χ2n) is 6.46. The fraction of sp³-hybridized carbons (Fsp3) is 0.350. The Morgan fingerprint density at radius 3 is 2.46 bits per heavy atom. The van der Waals surface area contributed by atoms with E-state index in [0.29, 0.717) is 17.9 Å².